The van der Waals surface area contributed by atoms with Crippen LogP contribution in [0, 0.1) is 6.92 Å². The van der Waals surface area contributed by atoms with Gasteiger partial charge in [-0.3, -0.25) is 4.79 Å². The fourth-order valence-electron chi connectivity index (χ4n) is 2.99. The lowest BCUT2D eigenvalue weighted by molar-refractivity contribution is 0.102. The van der Waals surface area contributed by atoms with Crippen molar-refractivity contribution in [3.05, 3.63) is 57.9 Å². The quantitative estimate of drug-likeness (QED) is 0.532. The predicted molar refractivity (Wildman–Crippen MR) is 115 cm³/mol. The lowest BCUT2D eigenvalue weighted by Crippen LogP contribution is -2.21. The number of nitrogens with one attached hydrogen (secondary N) is 1. The van der Waals surface area contributed by atoms with Gasteiger partial charge in [0.1, 0.15) is 5.56 Å². The van der Waals surface area contributed by atoms with Crippen LogP contribution in [0.25, 0.3) is 11.0 Å². The number of ether oxygens (including phenoxy) is 2. The van der Waals surface area contributed by atoms with Crippen LogP contribution in [0.1, 0.15) is 29.8 Å². The van der Waals surface area contributed by atoms with Crippen LogP contribution in [0.15, 0.2) is 50.5 Å². The topological polar surface area (TPSA) is 138 Å². The Morgan fingerprint density at radius 3 is 2.42 bits per heavy atom. The largest absolute Gasteiger partial charge is 0.490 e. The van der Waals surface area contributed by atoms with Crippen molar-refractivity contribution < 1.29 is 27.1 Å². The Balaban J connectivity index is 1.99. The van der Waals surface area contributed by atoms with Gasteiger partial charge in [-0.25, -0.2) is 18.4 Å². The maximum atomic E-state index is 12.7. The van der Waals surface area contributed by atoms with Crippen LogP contribution in [0.2, 0.25) is 0 Å². The van der Waals surface area contributed by atoms with Crippen molar-refractivity contribution in [1.82, 2.24) is 0 Å². The molecular formula is C21H22N2O7S. The Morgan fingerprint density at radius 2 is 1.81 bits per heavy atom. The maximum Gasteiger partial charge on any atom is 0.349 e. The highest BCUT2D eigenvalue weighted by atomic mass is 32.2. The van der Waals surface area contributed by atoms with Gasteiger partial charge in [0.05, 0.1) is 18.1 Å². The fourth-order valence-corrected chi connectivity index (χ4v) is 3.59. The van der Waals surface area contributed by atoms with Crippen LogP contribution in [-0.2, 0) is 10.0 Å². The lowest BCUT2D eigenvalue weighted by atomic mass is 10.1. The highest BCUT2D eigenvalue weighted by molar-refractivity contribution is 7.89. The van der Waals surface area contributed by atoms with E-state index in [9.17, 15) is 18.0 Å². The van der Waals surface area contributed by atoms with E-state index in [-0.39, 0.29) is 16.0 Å². The number of hydrogen-bond acceptors (Lipinski definition) is 7. The van der Waals surface area contributed by atoms with E-state index in [1.54, 1.807) is 26.0 Å². The molecule has 1 heterocycles. The summed E-state index contributed by atoms with van der Waals surface area (Å²) in [4.78, 5) is 25.2. The Hall–Kier alpha value is -3.37. The average Bonchev–Trinajstić information content (AvgIpc) is 2.70. The van der Waals surface area contributed by atoms with Crippen LogP contribution in [0.4, 0.5) is 5.69 Å². The molecule has 31 heavy (non-hydrogen) atoms. The van der Waals surface area contributed by atoms with E-state index in [1.165, 1.54) is 24.3 Å². The van der Waals surface area contributed by atoms with Gasteiger partial charge in [-0.15, -0.1) is 0 Å². The Bertz CT molecular complexity index is 1310. The summed E-state index contributed by atoms with van der Waals surface area (Å²) in [7, 11) is -3.87. The van der Waals surface area contributed by atoms with Crippen LogP contribution in [-0.4, -0.2) is 27.5 Å². The molecule has 10 heteroatoms. The van der Waals surface area contributed by atoms with E-state index in [0.29, 0.717) is 41.3 Å². The molecule has 0 fully saturated rings. The van der Waals surface area contributed by atoms with Crippen molar-refractivity contribution in [2.45, 2.75) is 25.7 Å². The Kier molecular flexibility index (Phi) is 6.32. The molecular weight excluding hydrogens is 424 g/mol. The summed E-state index contributed by atoms with van der Waals surface area (Å²) in [5.41, 5.74) is -0.0842. The molecule has 164 valence electrons. The van der Waals surface area contributed by atoms with Gasteiger partial charge in [0.25, 0.3) is 5.91 Å². The zero-order chi connectivity index (χ0) is 22.8. The minimum Gasteiger partial charge on any atom is -0.490 e. The van der Waals surface area contributed by atoms with E-state index < -0.39 is 21.6 Å². The van der Waals surface area contributed by atoms with Crippen molar-refractivity contribution >= 4 is 32.6 Å². The number of fused-ring (bicyclic) bond motifs is 1. The molecule has 0 saturated heterocycles. The van der Waals surface area contributed by atoms with Crippen molar-refractivity contribution in [1.29, 1.82) is 0 Å². The van der Waals surface area contributed by atoms with Gasteiger partial charge in [0, 0.05) is 11.1 Å². The monoisotopic (exact) mass is 446 g/mol. The molecule has 0 aliphatic heterocycles. The molecule has 0 aliphatic carbocycles. The number of anilines is 1. The molecule has 0 spiro atoms. The molecule has 0 radical (unpaired) electrons. The van der Waals surface area contributed by atoms with E-state index in [4.69, 9.17) is 19.0 Å². The second kappa shape index (κ2) is 8.78. The first-order valence-electron chi connectivity index (χ1n) is 9.47. The summed E-state index contributed by atoms with van der Waals surface area (Å²) in [6.07, 6.45) is 0. The number of carbonyl (C=O) groups excluding carboxylic acids is 1. The fraction of sp³-hybridized carbons (Fsp3) is 0.238. The maximum absolute atomic E-state index is 12.7. The van der Waals surface area contributed by atoms with E-state index >= 15 is 0 Å². The number of aryl methyl sites for hydroxylation is 1. The summed E-state index contributed by atoms with van der Waals surface area (Å²) in [6, 6.07) is 8.74. The normalized spacial score (nSPS) is 11.4. The molecule has 1 amide bonds. The third kappa shape index (κ3) is 4.70. The third-order valence-corrected chi connectivity index (χ3v) is 5.34. The van der Waals surface area contributed by atoms with Crippen LogP contribution >= 0.6 is 0 Å². The summed E-state index contributed by atoms with van der Waals surface area (Å²) < 4.78 is 39.4. The average molecular weight is 446 g/mol. The standard InChI is InChI=1S/C21H22N2O7S/c1-4-28-17-9-6-13-11-15(21(25)30-18(13)19(17)29-5-2)20(24)23-16-8-7-14(10-12(16)3)31(22,26)27/h6-11H,4-5H2,1-3H3,(H,23,24)(H2,22,26,27). The Morgan fingerprint density at radius 1 is 1.10 bits per heavy atom. The number of hydrogen-bond donors (Lipinski definition) is 2. The number of benzene rings is 2. The first kappa shape index (κ1) is 22.3. The minimum absolute atomic E-state index is 0.0817. The molecule has 2 aromatic carbocycles. The zero-order valence-electron chi connectivity index (χ0n) is 17.2. The van der Waals surface area contributed by atoms with E-state index in [1.807, 2.05) is 6.92 Å². The molecule has 0 aliphatic rings. The first-order chi connectivity index (χ1) is 14.7. The molecule has 3 aromatic rings. The van der Waals surface area contributed by atoms with Crippen molar-refractivity contribution in [3.63, 3.8) is 0 Å². The number of amides is 1. The van der Waals surface area contributed by atoms with Crippen LogP contribution < -0.4 is 25.6 Å². The first-order valence-corrected chi connectivity index (χ1v) is 11.0. The number of nitrogens with two attached hydrogens (primary N) is 1. The molecule has 0 bridgehead atoms. The smallest absolute Gasteiger partial charge is 0.349 e. The Labute approximate surface area is 178 Å². The predicted octanol–water partition coefficient (Wildman–Crippen LogP) is 2.80. The highest BCUT2D eigenvalue weighted by Gasteiger charge is 2.19. The van der Waals surface area contributed by atoms with Crippen molar-refractivity contribution in [2.24, 2.45) is 5.14 Å². The minimum atomic E-state index is -3.87. The zero-order valence-corrected chi connectivity index (χ0v) is 18.0. The number of rotatable bonds is 7. The number of sulfonamides is 1. The summed E-state index contributed by atoms with van der Waals surface area (Å²) in [5.74, 6) is 0.0251. The molecule has 1 aromatic heterocycles. The van der Waals surface area contributed by atoms with Gasteiger partial charge in [-0.1, -0.05) is 0 Å². The molecule has 0 atom stereocenters. The summed E-state index contributed by atoms with van der Waals surface area (Å²) in [5, 5.41) is 8.19. The molecule has 3 rings (SSSR count). The summed E-state index contributed by atoms with van der Waals surface area (Å²) in [6.45, 7) is 5.95. The highest BCUT2D eigenvalue weighted by Crippen LogP contribution is 2.35. The number of carbonyl (C=O) groups is 1. The van der Waals surface area contributed by atoms with E-state index in [2.05, 4.69) is 5.32 Å². The molecule has 3 N–H and O–H groups in total. The second-order valence-corrected chi connectivity index (χ2v) is 8.16. The van der Waals surface area contributed by atoms with Crippen LogP contribution in [0.3, 0.4) is 0 Å². The van der Waals surface area contributed by atoms with Crippen molar-refractivity contribution in [2.75, 3.05) is 18.5 Å². The van der Waals surface area contributed by atoms with Gasteiger partial charge in [0.15, 0.2) is 11.3 Å². The summed E-state index contributed by atoms with van der Waals surface area (Å²) >= 11 is 0. The van der Waals surface area contributed by atoms with Gasteiger partial charge in [-0.05, 0) is 62.7 Å². The van der Waals surface area contributed by atoms with Gasteiger partial charge in [0.2, 0.25) is 15.8 Å². The lowest BCUT2D eigenvalue weighted by Gasteiger charge is -2.13. The SMILES string of the molecule is CCOc1ccc2cc(C(=O)Nc3ccc(S(N)(=O)=O)cc3C)c(=O)oc2c1OCC. The third-order valence-electron chi connectivity index (χ3n) is 4.43. The van der Waals surface area contributed by atoms with Gasteiger partial charge < -0.3 is 19.2 Å². The van der Waals surface area contributed by atoms with Gasteiger partial charge >= 0.3 is 5.63 Å². The van der Waals surface area contributed by atoms with Crippen LogP contribution in [0.5, 0.6) is 11.5 Å². The van der Waals surface area contributed by atoms with Gasteiger partial charge in [-0.2, -0.15) is 0 Å². The van der Waals surface area contributed by atoms with E-state index in [0.717, 1.165) is 0 Å². The van der Waals surface area contributed by atoms with Crippen molar-refractivity contribution in [3.8, 4) is 11.5 Å². The molecule has 9 nitrogen and oxygen atoms in total. The molecule has 0 unspecified atom stereocenters. The number of primary sulfonamides is 1. The second-order valence-electron chi connectivity index (χ2n) is 6.60. The molecule has 0 saturated carbocycles.